The number of carbonyl (C=O) groups is 1. The smallest absolute Gasteiger partial charge is 0.504 e. The molecular formula is C33H58O6. The molecule has 0 unspecified atom stereocenters. The Labute approximate surface area is 238 Å². The number of phenolic OH excluding ortho intramolecular Hbond substituents is 1. The molecule has 0 spiro atoms. The van der Waals surface area contributed by atoms with Crippen LogP contribution in [0.4, 0.5) is 4.79 Å². The van der Waals surface area contributed by atoms with Gasteiger partial charge < -0.3 is 24.4 Å². The van der Waals surface area contributed by atoms with Gasteiger partial charge in [0, 0.05) is 13.2 Å². The van der Waals surface area contributed by atoms with Gasteiger partial charge in [-0.1, -0.05) is 122 Å². The van der Waals surface area contributed by atoms with Crippen molar-refractivity contribution >= 4 is 6.16 Å². The Hall–Kier alpha value is -1.79. The molecule has 0 aliphatic carbocycles. The molecule has 0 radical (unpaired) electrons. The first kappa shape index (κ1) is 35.2. The summed E-state index contributed by atoms with van der Waals surface area (Å²) in [6, 6.07) is 5.00. The molecule has 1 rings (SSSR count). The van der Waals surface area contributed by atoms with Crippen molar-refractivity contribution < 1.29 is 29.2 Å². The molecular weight excluding hydrogens is 492 g/mol. The Bertz CT molecular complexity index is 687. The Morgan fingerprint density at radius 3 is 1.72 bits per heavy atom. The van der Waals surface area contributed by atoms with Crippen molar-refractivity contribution in [1.82, 2.24) is 0 Å². The van der Waals surface area contributed by atoms with Crippen LogP contribution in [0.3, 0.4) is 0 Å². The molecule has 0 aliphatic rings. The predicted molar refractivity (Wildman–Crippen MR) is 160 cm³/mol. The minimum absolute atomic E-state index is 0.000900. The van der Waals surface area contributed by atoms with Crippen molar-refractivity contribution in [3.63, 3.8) is 0 Å². The summed E-state index contributed by atoms with van der Waals surface area (Å²) in [7, 11) is 0. The van der Waals surface area contributed by atoms with Gasteiger partial charge in [-0.2, -0.15) is 0 Å². The van der Waals surface area contributed by atoms with Gasteiger partial charge in [0.1, 0.15) is 0 Å². The second kappa shape index (κ2) is 25.2. The van der Waals surface area contributed by atoms with E-state index in [0.29, 0.717) is 6.42 Å². The second-order valence-corrected chi connectivity index (χ2v) is 10.9. The molecule has 0 bridgehead atoms. The van der Waals surface area contributed by atoms with Gasteiger partial charge in [0.05, 0.1) is 0 Å². The Balaban J connectivity index is 2.24. The molecule has 0 amide bonds. The molecule has 1 aromatic rings. The first-order valence-electron chi connectivity index (χ1n) is 16.0. The highest BCUT2D eigenvalue weighted by atomic mass is 16.7. The Morgan fingerprint density at radius 2 is 1.18 bits per heavy atom. The van der Waals surface area contributed by atoms with Gasteiger partial charge >= 0.3 is 6.16 Å². The van der Waals surface area contributed by atoms with Crippen molar-refractivity contribution in [1.29, 1.82) is 0 Å². The van der Waals surface area contributed by atoms with Gasteiger partial charge in [-0.05, 0) is 50.2 Å². The first-order chi connectivity index (χ1) is 19.1. The average Bonchev–Trinajstić information content (AvgIpc) is 2.92. The first-order valence-corrected chi connectivity index (χ1v) is 16.0. The molecule has 6 heteroatoms. The van der Waals surface area contributed by atoms with Crippen molar-refractivity contribution in [2.45, 2.75) is 155 Å². The van der Waals surface area contributed by atoms with Gasteiger partial charge in [0.15, 0.2) is 17.8 Å². The minimum Gasteiger partial charge on any atom is -0.504 e. The highest BCUT2D eigenvalue weighted by Crippen LogP contribution is 2.31. The lowest BCUT2D eigenvalue weighted by Gasteiger charge is -2.19. The fourth-order valence-electron chi connectivity index (χ4n) is 4.87. The molecule has 226 valence electrons. The fraction of sp³-hybridized carbons (Fsp3) is 0.788. The van der Waals surface area contributed by atoms with E-state index in [1.165, 1.54) is 83.1 Å². The molecule has 0 fully saturated rings. The number of ether oxygens (including phenoxy) is 3. The van der Waals surface area contributed by atoms with Crippen molar-refractivity contribution in [2.75, 3.05) is 13.2 Å². The number of carboxylic acid groups (broad SMARTS) is 1. The van der Waals surface area contributed by atoms with Crippen LogP contribution in [0.1, 0.15) is 148 Å². The fourth-order valence-corrected chi connectivity index (χ4v) is 4.87. The zero-order valence-electron chi connectivity index (χ0n) is 25.1. The van der Waals surface area contributed by atoms with E-state index < -0.39 is 6.16 Å². The maximum atomic E-state index is 10.8. The summed E-state index contributed by atoms with van der Waals surface area (Å²) < 4.78 is 17.0. The lowest BCUT2D eigenvalue weighted by atomic mass is 10.0. The van der Waals surface area contributed by atoms with Gasteiger partial charge in [0.25, 0.3) is 0 Å². The summed E-state index contributed by atoms with van der Waals surface area (Å²) in [5, 5.41) is 19.0. The van der Waals surface area contributed by atoms with Crippen LogP contribution in [-0.2, 0) is 15.9 Å². The monoisotopic (exact) mass is 550 g/mol. The van der Waals surface area contributed by atoms with Crippen LogP contribution >= 0.6 is 0 Å². The van der Waals surface area contributed by atoms with Crippen LogP contribution in [0, 0.1) is 0 Å². The molecule has 0 heterocycles. The summed E-state index contributed by atoms with van der Waals surface area (Å²) in [5.74, 6) is -0.0713. The molecule has 0 aliphatic heterocycles. The lowest BCUT2D eigenvalue weighted by molar-refractivity contribution is -0.148. The highest BCUT2D eigenvalue weighted by molar-refractivity contribution is 5.63. The molecule has 6 nitrogen and oxygen atoms in total. The quantitative estimate of drug-likeness (QED) is 0.0490. The van der Waals surface area contributed by atoms with E-state index in [2.05, 4.69) is 18.6 Å². The number of aromatic hydroxyl groups is 1. The average molecular weight is 551 g/mol. The van der Waals surface area contributed by atoms with Crippen LogP contribution in [0.15, 0.2) is 18.2 Å². The third kappa shape index (κ3) is 19.8. The number of rotatable bonds is 27. The third-order valence-corrected chi connectivity index (χ3v) is 7.27. The van der Waals surface area contributed by atoms with Crippen LogP contribution in [0.25, 0.3) is 0 Å². The van der Waals surface area contributed by atoms with E-state index in [-0.39, 0.29) is 17.8 Å². The molecule has 0 aromatic heterocycles. The van der Waals surface area contributed by atoms with Crippen LogP contribution in [0.5, 0.6) is 11.5 Å². The minimum atomic E-state index is -1.42. The Morgan fingerprint density at radius 1 is 0.692 bits per heavy atom. The number of unbranched alkanes of at least 4 members (excludes halogenated alkanes) is 16. The molecule has 0 saturated carbocycles. The van der Waals surface area contributed by atoms with E-state index in [4.69, 9.17) is 14.6 Å². The second-order valence-electron chi connectivity index (χ2n) is 10.9. The van der Waals surface area contributed by atoms with Gasteiger partial charge in [-0.25, -0.2) is 4.79 Å². The van der Waals surface area contributed by atoms with Crippen LogP contribution in [-0.4, -0.2) is 35.9 Å². The molecule has 1 aromatic carbocycles. The van der Waals surface area contributed by atoms with E-state index in [1.807, 2.05) is 6.07 Å². The van der Waals surface area contributed by atoms with Gasteiger partial charge in [-0.3, -0.25) is 0 Å². The van der Waals surface area contributed by atoms with E-state index in [0.717, 1.165) is 70.1 Å². The zero-order valence-corrected chi connectivity index (χ0v) is 25.1. The summed E-state index contributed by atoms with van der Waals surface area (Å²) in [4.78, 5) is 10.8. The van der Waals surface area contributed by atoms with Gasteiger partial charge in [-0.15, -0.1) is 0 Å². The zero-order chi connectivity index (χ0) is 28.4. The summed E-state index contributed by atoms with van der Waals surface area (Å²) in [5.41, 5.74) is 0.728. The van der Waals surface area contributed by atoms with Crippen LogP contribution in [0.2, 0.25) is 0 Å². The van der Waals surface area contributed by atoms with E-state index in [1.54, 1.807) is 6.07 Å². The molecule has 0 saturated heterocycles. The number of benzene rings is 1. The van der Waals surface area contributed by atoms with E-state index >= 15 is 0 Å². The maximum Gasteiger partial charge on any atom is 0.511 e. The lowest BCUT2D eigenvalue weighted by Crippen LogP contribution is -2.19. The van der Waals surface area contributed by atoms with E-state index in [9.17, 15) is 9.90 Å². The number of para-hydroxylation sites is 1. The highest BCUT2D eigenvalue weighted by Gasteiger charge is 2.12. The number of hydrogen-bond donors (Lipinski definition) is 2. The maximum absolute atomic E-state index is 10.8. The number of aryl methyl sites for hydroxylation is 1. The summed E-state index contributed by atoms with van der Waals surface area (Å²) >= 11 is 0. The predicted octanol–water partition coefficient (Wildman–Crippen LogP) is 10.2. The summed E-state index contributed by atoms with van der Waals surface area (Å²) in [6.07, 6.45) is 23.5. The van der Waals surface area contributed by atoms with Crippen molar-refractivity contribution in [3.05, 3.63) is 23.8 Å². The normalized spacial score (nSPS) is 11.4. The SMILES string of the molecule is CCCCCCCCCOC(CCCCCCCc1cccc(OC(=O)O)c1O)OCCCCCCCCC. The standard InChI is InChI=1S/C33H58O6/c1-3-5-7-9-11-16-20-27-37-31(38-28-21-17-12-10-8-6-4-2)26-19-15-13-14-18-23-29-24-22-25-30(32(29)34)39-33(35)36/h22,24-25,31,34H,3-21,23,26-28H2,1-2H3,(H,35,36). The number of hydrogen-bond acceptors (Lipinski definition) is 5. The van der Waals surface area contributed by atoms with Crippen molar-refractivity contribution in [3.8, 4) is 11.5 Å². The van der Waals surface area contributed by atoms with Crippen molar-refractivity contribution in [2.24, 2.45) is 0 Å². The summed E-state index contributed by atoms with van der Waals surface area (Å²) in [6.45, 7) is 6.11. The van der Waals surface area contributed by atoms with Crippen LogP contribution < -0.4 is 4.74 Å². The largest absolute Gasteiger partial charge is 0.511 e. The Kier molecular flexibility index (Phi) is 22.8. The third-order valence-electron chi connectivity index (χ3n) is 7.27. The molecule has 0 atom stereocenters. The molecule has 2 N–H and O–H groups in total. The number of phenols is 1. The molecule has 39 heavy (non-hydrogen) atoms. The topological polar surface area (TPSA) is 85.2 Å². The van der Waals surface area contributed by atoms with Gasteiger partial charge in [0.2, 0.25) is 0 Å².